The van der Waals surface area contributed by atoms with Crippen LogP contribution < -0.4 is 4.72 Å². The molecule has 2 heterocycles. The van der Waals surface area contributed by atoms with Gasteiger partial charge in [0.05, 0.1) is 43.7 Å². The Labute approximate surface area is 185 Å². The summed E-state index contributed by atoms with van der Waals surface area (Å²) in [5, 5.41) is 50.1. The number of carboxylic acid groups (broad SMARTS) is 1. The van der Waals surface area contributed by atoms with Gasteiger partial charge in [0.25, 0.3) is 0 Å². The third-order valence-corrected chi connectivity index (χ3v) is 6.53. The lowest BCUT2D eigenvalue weighted by Gasteiger charge is -2.54. The summed E-state index contributed by atoms with van der Waals surface area (Å²) >= 11 is 0. The number of carboxylic acids is 1. The molecule has 0 aromatic heterocycles. The van der Waals surface area contributed by atoms with E-state index in [0.717, 1.165) is 6.08 Å². The lowest BCUT2D eigenvalue weighted by atomic mass is 9.70. The number of ether oxygens (including phenoxy) is 3. The predicted molar refractivity (Wildman–Crippen MR) is 105 cm³/mol. The van der Waals surface area contributed by atoms with Crippen molar-refractivity contribution in [3.05, 3.63) is 11.8 Å². The van der Waals surface area contributed by atoms with Crippen LogP contribution >= 0.6 is 0 Å². The molecule has 0 aliphatic carbocycles. The molecule has 0 bridgehead atoms. The van der Waals surface area contributed by atoms with Crippen LogP contribution in [0.4, 0.5) is 0 Å². The normalized spacial score (nSPS) is 39.8. The van der Waals surface area contributed by atoms with Gasteiger partial charge < -0.3 is 44.3 Å². The molecule has 6 N–H and O–H groups in total. The van der Waals surface area contributed by atoms with Gasteiger partial charge >= 0.3 is 5.97 Å². The Morgan fingerprint density at radius 2 is 1.78 bits per heavy atom. The van der Waals surface area contributed by atoms with Crippen LogP contribution in [0.2, 0.25) is 0 Å². The zero-order valence-corrected chi connectivity index (χ0v) is 18.9. The van der Waals surface area contributed by atoms with Crippen LogP contribution in [0.25, 0.3) is 0 Å². The third kappa shape index (κ3) is 5.40. The first-order valence-electron chi connectivity index (χ1n) is 9.75. The van der Waals surface area contributed by atoms with E-state index in [9.17, 15) is 38.2 Å². The molecule has 0 aromatic carbocycles. The fourth-order valence-electron chi connectivity index (χ4n) is 3.97. The van der Waals surface area contributed by atoms with E-state index in [-0.39, 0.29) is 6.61 Å². The molecule has 32 heavy (non-hydrogen) atoms. The van der Waals surface area contributed by atoms with E-state index in [1.165, 1.54) is 27.7 Å². The van der Waals surface area contributed by atoms with Crippen LogP contribution in [-0.2, 0) is 29.3 Å². The second-order valence-corrected chi connectivity index (χ2v) is 10.2. The summed E-state index contributed by atoms with van der Waals surface area (Å²) in [6.45, 7) is 4.25. The molecule has 1 saturated heterocycles. The number of carbonyl (C=O) groups is 1. The Balaban J connectivity index is 2.22. The van der Waals surface area contributed by atoms with E-state index in [1.54, 1.807) is 0 Å². The van der Waals surface area contributed by atoms with E-state index >= 15 is 0 Å². The van der Waals surface area contributed by atoms with E-state index in [2.05, 4.69) is 0 Å². The molecule has 0 saturated carbocycles. The second-order valence-electron chi connectivity index (χ2n) is 9.07. The summed E-state index contributed by atoms with van der Waals surface area (Å²) in [6.07, 6.45) is -4.82. The number of hydrogen-bond donors (Lipinski definition) is 6. The molecule has 0 spiro atoms. The maximum absolute atomic E-state index is 11.3. The maximum atomic E-state index is 11.3. The van der Waals surface area contributed by atoms with Gasteiger partial charge in [-0.25, -0.2) is 17.9 Å². The van der Waals surface area contributed by atoms with Gasteiger partial charge in [-0.3, -0.25) is 0 Å². The van der Waals surface area contributed by atoms with Crippen LogP contribution in [0.5, 0.6) is 0 Å². The van der Waals surface area contributed by atoms with Crippen LogP contribution in [0.1, 0.15) is 27.7 Å². The van der Waals surface area contributed by atoms with Gasteiger partial charge in [-0.15, -0.1) is 0 Å². The molecule has 13 nitrogen and oxygen atoms in total. The molecule has 2 aliphatic heterocycles. The topological polar surface area (TPSA) is 215 Å². The number of rotatable bonds is 8. The SMILES string of the molecule is CC1(C)OC(CO)[C@@](C)(COC[C@@]2(C)OC(C(=O)O)=C[C@@H](O)C2O)[C@@H](O)C1NS(=O)(=O)[O-]. The first kappa shape index (κ1) is 26.9. The monoisotopic (exact) mass is 484 g/mol. The van der Waals surface area contributed by atoms with E-state index in [4.69, 9.17) is 19.3 Å². The Morgan fingerprint density at radius 1 is 1.19 bits per heavy atom. The smallest absolute Gasteiger partial charge is 0.370 e. The number of aliphatic carboxylic acids is 1. The van der Waals surface area contributed by atoms with E-state index in [1.807, 2.05) is 4.72 Å². The van der Waals surface area contributed by atoms with Crippen LogP contribution in [0, 0.1) is 5.41 Å². The minimum Gasteiger partial charge on any atom is -0.735 e. The fourth-order valence-corrected chi connectivity index (χ4v) is 4.69. The molecule has 0 amide bonds. The second kappa shape index (κ2) is 9.12. The summed E-state index contributed by atoms with van der Waals surface area (Å²) in [5.41, 5.74) is -4.47. The highest BCUT2D eigenvalue weighted by Gasteiger charge is 2.57. The number of nitrogens with one attached hydrogen (secondary N) is 1. The molecule has 7 atom stereocenters. The van der Waals surface area contributed by atoms with Gasteiger partial charge in [0.15, 0.2) is 15.9 Å². The molecular weight excluding hydrogens is 454 g/mol. The quantitative estimate of drug-likeness (QED) is 0.196. The van der Waals surface area contributed by atoms with Gasteiger partial charge in [0.1, 0.15) is 12.2 Å². The minimum atomic E-state index is -4.96. The zero-order chi connectivity index (χ0) is 24.7. The Kier molecular flexibility index (Phi) is 7.66. The van der Waals surface area contributed by atoms with Crippen molar-refractivity contribution >= 4 is 16.3 Å². The molecule has 2 rings (SSSR count). The lowest BCUT2D eigenvalue weighted by Crippen LogP contribution is -2.70. The van der Waals surface area contributed by atoms with E-state index in [0.29, 0.717) is 0 Å². The van der Waals surface area contributed by atoms with Gasteiger partial charge in [-0.2, -0.15) is 0 Å². The molecule has 186 valence electrons. The first-order chi connectivity index (χ1) is 14.5. The summed E-state index contributed by atoms with van der Waals surface area (Å²) in [6, 6.07) is -1.38. The molecule has 1 fully saturated rings. The number of aliphatic hydroxyl groups excluding tert-OH is 4. The zero-order valence-electron chi connectivity index (χ0n) is 18.1. The van der Waals surface area contributed by atoms with Crippen molar-refractivity contribution in [1.82, 2.24) is 4.72 Å². The maximum Gasteiger partial charge on any atom is 0.370 e. The fraction of sp³-hybridized carbons (Fsp3) is 0.833. The average Bonchev–Trinajstić information content (AvgIpc) is 2.65. The van der Waals surface area contributed by atoms with Gasteiger partial charge in [-0.1, -0.05) is 6.92 Å². The van der Waals surface area contributed by atoms with Gasteiger partial charge in [-0.05, 0) is 26.8 Å². The minimum absolute atomic E-state index is 0.375. The highest BCUT2D eigenvalue weighted by molar-refractivity contribution is 7.83. The Morgan fingerprint density at radius 3 is 2.28 bits per heavy atom. The molecule has 0 radical (unpaired) electrons. The number of hydrogen-bond acceptors (Lipinski definition) is 11. The molecule has 0 aromatic rings. The van der Waals surface area contributed by atoms with Crippen molar-refractivity contribution in [3.8, 4) is 0 Å². The summed E-state index contributed by atoms with van der Waals surface area (Å²) in [4.78, 5) is 11.2. The molecule has 14 heteroatoms. The van der Waals surface area contributed by atoms with Crippen LogP contribution in [0.15, 0.2) is 11.8 Å². The van der Waals surface area contributed by atoms with Crippen molar-refractivity contribution in [1.29, 1.82) is 0 Å². The summed E-state index contributed by atoms with van der Waals surface area (Å²) in [5.74, 6) is -2.04. The van der Waals surface area contributed by atoms with Crippen LogP contribution in [0.3, 0.4) is 0 Å². The number of aliphatic hydroxyl groups is 4. The van der Waals surface area contributed by atoms with Crippen molar-refractivity contribution < 1.29 is 57.5 Å². The van der Waals surface area contributed by atoms with Crippen molar-refractivity contribution in [3.63, 3.8) is 0 Å². The van der Waals surface area contributed by atoms with Gasteiger partial charge in [0.2, 0.25) is 5.76 Å². The molecular formula is C18H30NO12S-. The third-order valence-electron chi connectivity index (χ3n) is 5.99. The first-order valence-corrected chi connectivity index (χ1v) is 11.2. The van der Waals surface area contributed by atoms with Crippen LogP contribution in [-0.4, -0.2) is 106 Å². The average molecular weight is 485 g/mol. The highest BCUT2D eigenvalue weighted by Crippen LogP contribution is 2.42. The van der Waals surface area contributed by atoms with Crippen molar-refractivity contribution in [2.45, 2.75) is 69.4 Å². The van der Waals surface area contributed by atoms with Crippen molar-refractivity contribution in [2.75, 3.05) is 19.8 Å². The summed E-state index contributed by atoms with van der Waals surface area (Å²) in [7, 11) is -4.96. The van der Waals surface area contributed by atoms with Gasteiger partial charge in [0, 0.05) is 5.41 Å². The van der Waals surface area contributed by atoms with E-state index < -0.39 is 82.3 Å². The Hall–Kier alpha value is -1.36. The predicted octanol–water partition coefficient (Wildman–Crippen LogP) is -2.56. The lowest BCUT2D eigenvalue weighted by molar-refractivity contribution is -0.255. The van der Waals surface area contributed by atoms with Crippen molar-refractivity contribution in [2.24, 2.45) is 5.41 Å². The Bertz CT molecular complexity index is 845. The largest absolute Gasteiger partial charge is 0.735 e. The standard InChI is InChI=1S/C18H31NO12S/c1-16(2)12(19-32(26,27)28)14(23)17(3,11(6-20)31-16)7-29-8-18(4)13(22)9(21)5-10(30-18)15(24)25/h5,9,11-14,19-23H,6-8H2,1-4H3,(H,24,25)(H,26,27,28)/p-1/t9-,11?,12?,13?,14+,17-,18-/m1/s1. The molecule has 3 unspecified atom stereocenters. The molecule has 2 aliphatic rings. The summed E-state index contributed by atoms with van der Waals surface area (Å²) < 4.78 is 52.3. The highest BCUT2D eigenvalue weighted by atomic mass is 32.2.